The van der Waals surface area contributed by atoms with Crippen LogP contribution >= 0.6 is 0 Å². The molecule has 112 valence electrons. The summed E-state index contributed by atoms with van der Waals surface area (Å²) in [5, 5.41) is 8.10. The van der Waals surface area contributed by atoms with E-state index in [0.717, 1.165) is 18.8 Å². The highest BCUT2D eigenvalue weighted by molar-refractivity contribution is 5.67. The molecule has 6 heteroatoms. The maximum atomic E-state index is 11.6. The van der Waals surface area contributed by atoms with Gasteiger partial charge < -0.3 is 14.5 Å². The Hall–Kier alpha value is -2.37. The number of hydrogen-bond donors (Lipinski definition) is 0. The predicted molar refractivity (Wildman–Crippen MR) is 80.3 cm³/mol. The maximum absolute atomic E-state index is 11.6. The van der Waals surface area contributed by atoms with E-state index in [0.29, 0.717) is 19.7 Å². The zero-order chi connectivity index (χ0) is 14.9. The first kappa shape index (κ1) is 15.0. The van der Waals surface area contributed by atoms with E-state index < -0.39 is 0 Å². The average molecular weight is 288 g/mol. The van der Waals surface area contributed by atoms with E-state index in [4.69, 9.17) is 4.74 Å². The summed E-state index contributed by atoms with van der Waals surface area (Å²) in [6.07, 6.45) is 3.34. The zero-order valence-electron chi connectivity index (χ0n) is 12.2. The Balaban J connectivity index is 1.74. The van der Waals surface area contributed by atoms with Crippen molar-refractivity contribution in [3.8, 4) is 0 Å². The van der Waals surface area contributed by atoms with Gasteiger partial charge in [-0.1, -0.05) is 18.2 Å². The van der Waals surface area contributed by atoms with Gasteiger partial charge in [0.05, 0.1) is 18.5 Å². The average Bonchev–Trinajstić information content (AvgIpc) is 2.53. The van der Waals surface area contributed by atoms with Crippen LogP contribution in [0.4, 0.5) is 10.5 Å². The van der Waals surface area contributed by atoms with Crippen LogP contribution in [0.1, 0.15) is 6.92 Å². The van der Waals surface area contributed by atoms with Crippen molar-refractivity contribution in [2.24, 2.45) is 10.2 Å². The fourth-order valence-corrected chi connectivity index (χ4v) is 1.99. The van der Waals surface area contributed by atoms with Gasteiger partial charge in [-0.15, -0.1) is 0 Å². The molecule has 0 aromatic heterocycles. The van der Waals surface area contributed by atoms with Crippen molar-refractivity contribution >= 4 is 11.8 Å². The molecule has 1 heterocycles. The van der Waals surface area contributed by atoms with Gasteiger partial charge in [0.15, 0.2) is 0 Å². The van der Waals surface area contributed by atoms with Crippen molar-refractivity contribution in [2.45, 2.75) is 6.92 Å². The monoisotopic (exact) mass is 288 g/mol. The standard InChI is InChI=1S/C15H20N4O2/c1-2-21-15(20)19-12-10-18(11-13-19)9-8-16-17-14-6-4-3-5-7-14/h3-9H,2,10-13H2,1H3. The topological polar surface area (TPSA) is 57.5 Å². The van der Waals surface area contributed by atoms with Gasteiger partial charge in [0.1, 0.15) is 0 Å². The minimum Gasteiger partial charge on any atom is -0.450 e. The molecule has 1 aliphatic rings. The molecular weight excluding hydrogens is 268 g/mol. The van der Waals surface area contributed by atoms with Crippen LogP contribution in [0, 0.1) is 0 Å². The lowest BCUT2D eigenvalue weighted by Crippen LogP contribution is -2.46. The molecule has 1 aliphatic heterocycles. The van der Waals surface area contributed by atoms with Gasteiger partial charge in [0.25, 0.3) is 0 Å². The van der Waals surface area contributed by atoms with Crippen LogP contribution in [0.15, 0.2) is 53.0 Å². The van der Waals surface area contributed by atoms with Gasteiger partial charge >= 0.3 is 6.09 Å². The first-order chi connectivity index (χ1) is 10.3. The number of carbonyl (C=O) groups is 1. The van der Waals surface area contributed by atoms with Crippen LogP contribution in [0.5, 0.6) is 0 Å². The molecule has 0 radical (unpaired) electrons. The number of hydrogen-bond acceptors (Lipinski definition) is 5. The highest BCUT2D eigenvalue weighted by Gasteiger charge is 2.19. The van der Waals surface area contributed by atoms with E-state index in [1.807, 2.05) is 43.5 Å². The summed E-state index contributed by atoms with van der Waals surface area (Å²) < 4.78 is 4.98. The number of benzene rings is 1. The lowest BCUT2D eigenvalue weighted by molar-refractivity contribution is 0.0890. The Morgan fingerprint density at radius 2 is 1.95 bits per heavy atom. The number of rotatable bonds is 4. The fourth-order valence-electron chi connectivity index (χ4n) is 1.99. The molecule has 2 rings (SSSR count). The molecule has 21 heavy (non-hydrogen) atoms. The van der Waals surface area contributed by atoms with Crippen molar-refractivity contribution in [3.63, 3.8) is 0 Å². The van der Waals surface area contributed by atoms with Crippen molar-refractivity contribution in [1.82, 2.24) is 9.80 Å². The second-order valence-corrected chi connectivity index (χ2v) is 4.57. The molecule has 0 bridgehead atoms. The normalized spacial score (nSPS) is 15.9. The zero-order valence-corrected chi connectivity index (χ0v) is 12.2. The van der Waals surface area contributed by atoms with Gasteiger partial charge in [0, 0.05) is 32.4 Å². The highest BCUT2D eigenvalue weighted by Crippen LogP contribution is 2.10. The Bertz CT molecular complexity index is 494. The quantitative estimate of drug-likeness (QED) is 0.800. The van der Waals surface area contributed by atoms with Crippen molar-refractivity contribution in [1.29, 1.82) is 0 Å². The molecule has 1 fully saturated rings. The Morgan fingerprint density at radius 1 is 1.24 bits per heavy atom. The molecule has 0 atom stereocenters. The van der Waals surface area contributed by atoms with Gasteiger partial charge in [-0.3, -0.25) is 0 Å². The molecule has 1 aromatic carbocycles. The van der Waals surface area contributed by atoms with Crippen LogP contribution in [0.2, 0.25) is 0 Å². The lowest BCUT2D eigenvalue weighted by Gasteiger charge is -2.33. The minimum absolute atomic E-state index is 0.232. The third-order valence-electron chi connectivity index (χ3n) is 3.11. The summed E-state index contributed by atoms with van der Waals surface area (Å²) >= 11 is 0. The van der Waals surface area contributed by atoms with Crippen LogP contribution in [-0.4, -0.2) is 48.7 Å². The van der Waals surface area contributed by atoms with E-state index >= 15 is 0 Å². The van der Waals surface area contributed by atoms with Crippen LogP contribution < -0.4 is 0 Å². The maximum Gasteiger partial charge on any atom is 0.409 e. The number of piperazine rings is 1. The van der Waals surface area contributed by atoms with E-state index in [2.05, 4.69) is 15.1 Å². The number of nitrogens with zero attached hydrogens (tertiary/aromatic N) is 4. The molecule has 0 saturated carbocycles. The molecule has 1 amide bonds. The van der Waals surface area contributed by atoms with Crippen LogP contribution in [0.25, 0.3) is 0 Å². The summed E-state index contributed by atoms with van der Waals surface area (Å²) in [5.41, 5.74) is 0.828. The molecule has 6 nitrogen and oxygen atoms in total. The smallest absolute Gasteiger partial charge is 0.409 e. The van der Waals surface area contributed by atoms with E-state index in [1.165, 1.54) is 0 Å². The highest BCUT2D eigenvalue weighted by atomic mass is 16.6. The summed E-state index contributed by atoms with van der Waals surface area (Å²) in [6.45, 7) is 5.11. The van der Waals surface area contributed by atoms with Gasteiger partial charge in [-0.2, -0.15) is 10.2 Å². The molecule has 1 aromatic rings. The lowest BCUT2D eigenvalue weighted by atomic mass is 10.3. The number of azo groups is 1. The Morgan fingerprint density at radius 3 is 2.62 bits per heavy atom. The van der Waals surface area contributed by atoms with Gasteiger partial charge in [-0.05, 0) is 19.1 Å². The molecule has 0 unspecified atom stereocenters. The van der Waals surface area contributed by atoms with Crippen LogP contribution in [-0.2, 0) is 4.74 Å². The third-order valence-corrected chi connectivity index (χ3v) is 3.11. The molecule has 0 N–H and O–H groups in total. The molecule has 1 saturated heterocycles. The van der Waals surface area contributed by atoms with Crippen molar-refractivity contribution in [3.05, 3.63) is 42.7 Å². The Labute approximate surface area is 124 Å². The minimum atomic E-state index is -0.232. The summed E-state index contributed by atoms with van der Waals surface area (Å²) in [4.78, 5) is 15.4. The van der Waals surface area contributed by atoms with Gasteiger partial charge in [-0.25, -0.2) is 4.79 Å². The van der Waals surface area contributed by atoms with E-state index in [9.17, 15) is 4.79 Å². The Kier molecular flexibility index (Phi) is 5.75. The number of ether oxygens (including phenoxy) is 1. The fraction of sp³-hybridized carbons (Fsp3) is 0.400. The van der Waals surface area contributed by atoms with E-state index in [-0.39, 0.29) is 6.09 Å². The summed E-state index contributed by atoms with van der Waals surface area (Å²) in [5.74, 6) is 0. The molecule has 0 aliphatic carbocycles. The first-order valence-electron chi connectivity index (χ1n) is 7.08. The second-order valence-electron chi connectivity index (χ2n) is 4.57. The number of carbonyl (C=O) groups excluding carboxylic acids is 1. The van der Waals surface area contributed by atoms with Crippen molar-refractivity contribution in [2.75, 3.05) is 32.8 Å². The second kappa shape index (κ2) is 8.04. The summed E-state index contributed by atoms with van der Waals surface area (Å²) in [7, 11) is 0. The first-order valence-corrected chi connectivity index (χ1v) is 7.08. The SMILES string of the molecule is CCOC(=O)N1CCN(C=CN=Nc2ccccc2)CC1. The van der Waals surface area contributed by atoms with Crippen molar-refractivity contribution < 1.29 is 9.53 Å². The largest absolute Gasteiger partial charge is 0.450 e. The van der Waals surface area contributed by atoms with Gasteiger partial charge in [0.2, 0.25) is 0 Å². The predicted octanol–water partition coefficient (Wildman–Crippen LogP) is 3.02. The van der Waals surface area contributed by atoms with Crippen LogP contribution in [0.3, 0.4) is 0 Å². The summed E-state index contributed by atoms with van der Waals surface area (Å²) in [6, 6.07) is 9.59. The number of amides is 1. The third kappa shape index (κ3) is 4.91. The molecule has 0 spiro atoms. The molecular formula is C15H20N4O2. The van der Waals surface area contributed by atoms with E-state index in [1.54, 1.807) is 11.1 Å².